The minimum absolute atomic E-state index is 0.410. The second-order valence-corrected chi connectivity index (χ2v) is 5.65. The lowest BCUT2D eigenvalue weighted by Crippen LogP contribution is -2.28. The molecule has 0 aliphatic rings. The molecule has 0 saturated heterocycles. The van der Waals surface area contributed by atoms with Gasteiger partial charge in [0, 0.05) is 26.5 Å². The molecule has 2 aromatic heterocycles. The Morgan fingerprint density at radius 2 is 2.11 bits per heavy atom. The molecule has 2 aromatic rings. The van der Waals surface area contributed by atoms with Crippen LogP contribution in [0.25, 0.3) is 5.82 Å². The molecular formula is C10H13N5O2S. The standard InChI is InChI=1S/C10H13N5O2S/c1-14(2)18(16,17)13-9-3-4-10(12-7-9)15-6-5-11-8-15/h3-8,13H,1-2H3. The molecule has 2 heterocycles. The number of hydrogen-bond donors (Lipinski definition) is 1. The Labute approximate surface area is 105 Å². The fourth-order valence-electron chi connectivity index (χ4n) is 1.23. The SMILES string of the molecule is CN(C)S(=O)(=O)Nc1ccc(-n2ccnc2)nc1. The highest BCUT2D eigenvalue weighted by Gasteiger charge is 2.12. The number of rotatable bonds is 4. The normalized spacial score (nSPS) is 11.7. The predicted octanol–water partition coefficient (Wildman–Crippen LogP) is 0.486. The molecule has 96 valence electrons. The maximum absolute atomic E-state index is 11.6. The summed E-state index contributed by atoms with van der Waals surface area (Å²) >= 11 is 0. The van der Waals surface area contributed by atoms with E-state index in [0.29, 0.717) is 11.5 Å². The van der Waals surface area contributed by atoms with Crippen molar-refractivity contribution in [1.29, 1.82) is 0 Å². The van der Waals surface area contributed by atoms with E-state index >= 15 is 0 Å². The monoisotopic (exact) mass is 267 g/mol. The minimum atomic E-state index is -3.49. The molecule has 1 N–H and O–H groups in total. The van der Waals surface area contributed by atoms with Gasteiger partial charge in [0.1, 0.15) is 12.1 Å². The molecule has 0 aliphatic heterocycles. The average molecular weight is 267 g/mol. The maximum atomic E-state index is 11.6. The molecule has 0 aliphatic carbocycles. The number of hydrogen-bond acceptors (Lipinski definition) is 4. The van der Waals surface area contributed by atoms with Gasteiger partial charge in [-0.3, -0.25) is 9.29 Å². The van der Waals surface area contributed by atoms with Crippen molar-refractivity contribution in [3.05, 3.63) is 37.1 Å². The molecule has 0 aromatic carbocycles. The van der Waals surface area contributed by atoms with E-state index in [1.807, 2.05) is 0 Å². The highest BCUT2D eigenvalue weighted by Crippen LogP contribution is 2.11. The van der Waals surface area contributed by atoms with Gasteiger partial charge >= 0.3 is 10.2 Å². The quantitative estimate of drug-likeness (QED) is 0.874. The molecule has 0 saturated carbocycles. The van der Waals surface area contributed by atoms with Crippen LogP contribution >= 0.6 is 0 Å². The lowest BCUT2D eigenvalue weighted by Gasteiger charge is -2.13. The summed E-state index contributed by atoms with van der Waals surface area (Å²) in [5, 5.41) is 0. The first-order valence-electron chi connectivity index (χ1n) is 5.14. The smallest absolute Gasteiger partial charge is 0.291 e. The summed E-state index contributed by atoms with van der Waals surface area (Å²) in [6, 6.07) is 3.35. The zero-order valence-electron chi connectivity index (χ0n) is 9.98. The molecule has 2 rings (SSSR count). The zero-order valence-corrected chi connectivity index (χ0v) is 10.8. The van der Waals surface area contributed by atoms with E-state index in [-0.39, 0.29) is 0 Å². The average Bonchev–Trinajstić information content (AvgIpc) is 2.83. The van der Waals surface area contributed by atoms with Crippen molar-refractivity contribution in [2.45, 2.75) is 0 Å². The Bertz CT molecular complexity index is 604. The molecule has 0 unspecified atom stereocenters. The van der Waals surface area contributed by atoms with E-state index in [1.165, 1.54) is 20.3 Å². The van der Waals surface area contributed by atoms with Crippen molar-refractivity contribution in [3.8, 4) is 5.82 Å². The summed E-state index contributed by atoms with van der Waals surface area (Å²) in [4.78, 5) is 8.05. The minimum Gasteiger partial charge on any atom is -0.291 e. The fraction of sp³-hybridized carbons (Fsp3) is 0.200. The molecule has 0 radical (unpaired) electrons. The van der Waals surface area contributed by atoms with Crippen LogP contribution in [-0.4, -0.2) is 41.4 Å². The van der Waals surface area contributed by atoms with Crippen molar-refractivity contribution in [2.75, 3.05) is 18.8 Å². The molecular weight excluding hydrogens is 254 g/mol. The van der Waals surface area contributed by atoms with Gasteiger partial charge in [0.2, 0.25) is 0 Å². The predicted molar refractivity (Wildman–Crippen MR) is 67.6 cm³/mol. The Balaban J connectivity index is 2.19. The van der Waals surface area contributed by atoms with Gasteiger partial charge in [-0.25, -0.2) is 9.97 Å². The van der Waals surface area contributed by atoms with Crippen LogP contribution in [0.2, 0.25) is 0 Å². The summed E-state index contributed by atoms with van der Waals surface area (Å²) in [6.45, 7) is 0. The number of nitrogens with one attached hydrogen (secondary N) is 1. The second kappa shape index (κ2) is 4.75. The number of nitrogens with zero attached hydrogens (tertiary/aromatic N) is 4. The highest BCUT2D eigenvalue weighted by atomic mass is 32.2. The lowest BCUT2D eigenvalue weighted by molar-refractivity contribution is 0.527. The van der Waals surface area contributed by atoms with E-state index < -0.39 is 10.2 Å². The Morgan fingerprint density at radius 3 is 2.61 bits per heavy atom. The topological polar surface area (TPSA) is 80.1 Å². The number of anilines is 1. The van der Waals surface area contributed by atoms with Crippen molar-refractivity contribution < 1.29 is 8.42 Å². The van der Waals surface area contributed by atoms with E-state index in [4.69, 9.17) is 0 Å². The molecule has 0 spiro atoms. The molecule has 18 heavy (non-hydrogen) atoms. The van der Waals surface area contributed by atoms with Crippen LogP contribution in [0.5, 0.6) is 0 Å². The first-order chi connectivity index (χ1) is 8.49. The van der Waals surface area contributed by atoms with E-state index in [2.05, 4.69) is 14.7 Å². The van der Waals surface area contributed by atoms with Crippen LogP contribution in [-0.2, 0) is 10.2 Å². The first kappa shape index (κ1) is 12.5. The third-order valence-corrected chi connectivity index (χ3v) is 3.70. The summed E-state index contributed by atoms with van der Waals surface area (Å²) in [5.74, 6) is 0.667. The summed E-state index contributed by atoms with van der Waals surface area (Å²) in [5.41, 5.74) is 0.410. The van der Waals surface area contributed by atoms with Gasteiger partial charge in [-0.15, -0.1) is 0 Å². The molecule has 0 amide bonds. The zero-order chi connectivity index (χ0) is 13.2. The molecule has 0 bridgehead atoms. The number of imidazole rings is 1. The van der Waals surface area contributed by atoms with E-state index in [0.717, 1.165) is 4.31 Å². The number of pyridine rings is 1. The van der Waals surface area contributed by atoms with E-state index in [1.54, 1.807) is 35.4 Å². The largest absolute Gasteiger partial charge is 0.301 e. The van der Waals surface area contributed by atoms with Crippen LogP contribution < -0.4 is 4.72 Å². The van der Waals surface area contributed by atoms with Crippen molar-refractivity contribution in [2.24, 2.45) is 0 Å². The summed E-state index contributed by atoms with van der Waals surface area (Å²) < 4.78 is 28.4. The Kier molecular flexibility index (Phi) is 3.30. The van der Waals surface area contributed by atoms with Gasteiger partial charge in [-0.1, -0.05) is 0 Å². The van der Waals surface area contributed by atoms with Crippen LogP contribution in [0.15, 0.2) is 37.1 Å². The Morgan fingerprint density at radius 1 is 1.33 bits per heavy atom. The highest BCUT2D eigenvalue weighted by molar-refractivity contribution is 7.90. The lowest BCUT2D eigenvalue weighted by atomic mass is 10.4. The summed E-state index contributed by atoms with van der Waals surface area (Å²) in [6.07, 6.45) is 6.47. The second-order valence-electron chi connectivity index (χ2n) is 3.76. The molecule has 7 nitrogen and oxygen atoms in total. The van der Waals surface area contributed by atoms with Gasteiger partial charge in [0.15, 0.2) is 0 Å². The van der Waals surface area contributed by atoms with Crippen LogP contribution in [0, 0.1) is 0 Å². The Hall–Kier alpha value is -1.93. The van der Waals surface area contributed by atoms with Crippen molar-refractivity contribution >= 4 is 15.9 Å². The van der Waals surface area contributed by atoms with Crippen molar-refractivity contribution in [3.63, 3.8) is 0 Å². The summed E-state index contributed by atoms with van der Waals surface area (Å²) in [7, 11) is -0.586. The molecule has 0 atom stereocenters. The van der Waals surface area contributed by atoms with Gasteiger partial charge in [0.05, 0.1) is 11.9 Å². The fourth-order valence-corrected chi connectivity index (χ4v) is 1.84. The first-order valence-corrected chi connectivity index (χ1v) is 6.58. The van der Waals surface area contributed by atoms with Crippen LogP contribution in [0.1, 0.15) is 0 Å². The van der Waals surface area contributed by atoms with Gasteiger partial charge in [-0.05, 0) is 12.1 Å². The van der Waals surface area contributed by atoms with Gasteiger partial charge in [0.25, 0.3) is 0 Å². The van der Waals surface area contributed by atoms with Crippen LogP contribution in [0.4, 0.5) is 5.69 Å². The van der Waals surface area contributed by atoms with Crippen LogP contribution in [0.3, 0.4) is 0 Å². The third-order valence-electron chi connectivity index (χ3n) is 2.24. The number of aromatic nitrogens is 3. The molecule has 0 fully saturated rings. The third kappa shape index (κ3) is 2.66. The van der Waals surface area contributed by atoms with Crippen molar-refractivity contribution in [1.82, 2.24) is 18.8 Å². The maximum Gasteiger partial charge on any atom is 0.301 e. The van der Waals surface area contributed by atoms with E-state index in [9.17, 15) is 8.42 Å². The van der Waals surface area contributed by atoms with Gasteiger partial charge < -0.3 is 0 Å². The van der Waals surface area contributed by atoms with Gasteiger partial charge in [-0.2, -0.15) is 12.7 Å². The molecule has 8 heteroatoms.